The Morgan fingerprint density at radius 3 is 2.87 bits per heavy atom. The van der Waals surface area contributed by atoms with Gasteiger partial charge in [-0.2, -0.15) is 10.1 Å². The van der Waals surface area contributed by atoms with Crippen LogP contribution in [0.3, 0.4) is 0 Å². The highest BCUT2D eigenvalue weighted by molar-refractivity contribution is 5.81. The van der Waals surface area contributed by atoms with Gasteiger partial charge in [0.25, 0.3) is 0 Å². The molecule has 9 nitrogen and oxygen atoms in total. The van der Waals surface area contributed by atoms with E-state index in [1.54, 1.807) is 0 Å². The van der Waals surface area contributed by atoms with Crippen LogP contribution in [0.25, 0.3) is 22.6 Å². The summed E-state index contributed by atoms with van der Waals surface area (Å²) in [5, 5.41) is 4.45. The van der Waals surface area contributed by atoms with E-state index in [-0.39, 0.29) is 6.10 Å². The molecule has 1 aliphatic heterocycles. The molecule has 0 bridgehead atoms. The maximum absolute atomic E-state index is 6.28. The van der Waals surface area contributed by atoms with E-state index in [0.717, 1.165) is 54.6 Å². The van der Waals surface area contributed by atoms with Gasteiger partial charge in [0, 0.05) is 38.4 Å². The minimum Gasteiger partial charge on any atom is -0.471 e. The van der Waals surface area contributed by atoms with Crippen molar-refractivity contribution in [3.8, 4) is 17.3 Å². The number of imidazole rings is 1. The lowest BCUT2D eigenvalue weighted by atomic mass is 10.2. The van der Waals surface area contributed by atoms with Crippen LogP contribution in [-0.2, 0) is 13.6 Å². The lowest BCUT2D eigenvalue weighted by molar-refractivity contribution is 0.218. The Bertz CT molecular complexity index is 1180. The van der Waals surface area contributed by atoms with Gasteiger partial charge in [-0.05, 0) is 26.0 Å². The van der Waals surface area contributed by atoms with Gasteiger partial charge in [0.05, 0.1) is 18.3 Å². The highest BCUT2D eigenvalue weighted by Gasteiger charge is 2.27. The van der Waals surface area contributed by atoms with Crippen LogP contribution in [0.2, 0.25) is 0 Å². The number of hydrogen-bond donors (Lipinski definition) is 0. The van der Waals surface area contributed by atoms with Crippen LogP contribution in [0.5, 0.6) is 5.88 Å². The van der Waals surface area contributed by atoms with E-state index in [2.05, 4.69) is 38.8 Å². The summed E-state index contributed by atoms with van der Waals surface area (Å²) in [6, 6.07) is 5.95. The van der Waals surface area contributed by atoms with Gasteiger partial charge < -0.3 is 14.2 Å². The molecule has 1 atom stereocenters. The average molecular weight is 404 g/mol. The molecular weight excluding hydrogens is 380 g/mol. The fourth-order valence-corrected chi connectivity index (χ4v) is 4.02. The van der Waals surface area contributed by atoms with Crippen LogP contribution >= 0.6 is 0 Å². The molecule has 1 aliphatic rings. The molecule has 30 heavy (non-hydrogen) atoms. The molecule has 154 valence electrons. The lowest BCUT2D eigenvalue weighted by Gasteiger charge is -2.17. The number of anilines is 1. The molecule has 0 saturated carbocycles. The van der Waals surface area contributed by atoms with Crippen molar-refractivity contribution in [1.82, 2.24) is 34.3 Å². The van der Waals surface area contributed by atoms with Crippen molar-refractivity contribution < 1.29 is 4.74 Å². The van der Waals surface area contributed by atoms with Gasteiger partial charge in [0.1, 0.15) is 24.1 Å². The van der Waals surface area contributed by atoms with Crippen molar-refractivity contribution in [2.75, 3.05) is 18.0 Å². The Hall–Kier alpha value is -3.49. The molecule has 0 N–H and O–H groups in total. The highest BCUT2D eigenvalue weighted by atomic mass is 16.5. The summed E-state index contributed by atoms with van der Waals surface area (Å²) in [6.45, 7) is 6.62. The van der Waals surface area contributed by atoms with E-state index in [4.69, 9.17) is 9.72 Å². The third-order valence-corrected chi connectivity index (χ3v) is 5.66. The molecule has 0 spiro atoms. The van der Waals surface area contributed by atoms with Crippen LogP contribution < -0.4 is 9.64 Å². The fourth-order valence-electron chi connectivity index (χ4n) is 4.02. The van der Waals surface area contributed by atoms with Crippen LogP contribution in [-0.4, -0.2) is 53.5 Å². The summed E-state index contributed by atoms with van der Waals surface area (Å²) in [6.07, 6.45) is 6.15. The first kappa shape index (κ1) is 18.5. The standard InChI is InChI=1S/C21H24N8O/c1-4-29-14(2)16(11-25-29)19-26-18-20(27(19)3)23-13-24-21(18)30-15-8-10-28(12-15)17-7-5-6-9-22-17/h5-7,9,11,13,15H,4,8,10,12H2,1-3H3. The van der Waals surface area contributed by atoms with E-state index in [1.807, 2.05) is 46.9 Å². The summed E-state index contributed by atoms with van der Waals surface area (Å²) >= 11 is 0. The van der Waals surface area contributed by atoms with Crippen molar-refractivity contribution in [3.05, 3.63) is 42.6 Å². The number of aryl methyl sites for hydroxylation is 2. The lowest BCUT2D eigenvalue weighted by Crippen LogP contribution is -2.25. The molecule has 0 radical (unpaired) electrons. The van der Waals surface area contributed by atoms with Crippen molar-refractivity contribution in [2.24, 2.45) is 7.05 Å². The summed E-state index contributed by atoms with van der Waals surface area (Å²) in [7, 11) is 1.96. The number of ether oxygens (including phenoxy) is 1. The smallest absolute Gasteiger partial charge is 0.245 e. The van der Waals surface area contributed by atoms with Gasteiger partial charge in [-0.1, -0.05) is 6.07 Å². The molecule has 1 fully saturated rings. The third-order valence-electron chi connectivity index (χ3n) is 5.66. The summed E-state index contributed by atoms with van der Waals surface area (Å²) in [5.41, 5.74) is 3.49. The predicted molar refractivity (Wildman–Crippen MR) is 113 cm³/mol. The minimum atomic E-state index is 0.0279. The summed E-state index contributed by atoms with van der Waals surface area (Å²) < 4.78 is 10.2. The van der Waals surface area contributed by atoms with E-state index in [9.17, 15) is 0 Å². The van der Waals surface area contributed by atoms with E-state index in [0.29, 0.717) is 11.4 Å². The Labute approximate surface area is 174 Å². The van der Waals surface area contributed by atoms with Crippen molar-refractivity contribution >= 4 is 17.0 Å². The fraction of sp³-hybridized carbons (Fsp3) is 0.381. The first-order valence-electron chi connectivity index (χ1n) is 10.2. The molecule has 1 saturated heterocycles. The molecule has 4 aromatic heterocycles. The van der Waals surface area contributed by atoms with Gasteiger partial charge in [0.15, 0.2) is 11.2 Å². The molecule has 0 aliphatic carbocycles. The summed E-state index contributed by atoms with van der Waals surface area (Å²) in [4.78, 5) is 20.4. The van der Waals surface area contributed by atoms with E-state index < -0.39 is 0 Å². The zero-order chi connectivity index (χ0) is 20.7. The Balaban J connectivity index is 1.44. The quantitative estimate of drug-likeness (QED) is 0.505. The molecule has 4 aromatic rings. The number of fused-ring (bicyclic) bond motifs is 1. The second-order valence-electron chi connectivity index (χ2n) is 7.47. The third kappa shape index (κ3) is 3.06. The molecule has 0 aromatic carbocycles. The minimum absolute atomic E-state index is 0.0279. The van der Waals surface area contributed by atoms with Gasteiger partial charge in [-0.25, -0.2) is 15.0 Å². The van der Waals surface area contributed by atoms with Gasteiger partial charge in [0.2, 0.25) is 5.88 Å². The first-order chi connectivity index (χ1) is 14.7. The van der Waals surface area contributed by atoms with Crippen molar-refractivity contribution in [2.45, 2.75) is 32.9 Å². The molecule has 5 heterocycles. The SMILES string of the molecule is CCn1ncc(-c2nc3c(OC4CCN(c5ccccn5)C4)ncnc3n2C)c1C. The van der Waals surface area contributed by atoms with Crippen molar-refractivity contribution in [3.63, 3.8) is 0 Å². The number of nitrogens with zero attached hydrogens (tertiary/aromatic N) is 8. The van der Waals surface area contributed by atoms with Crippen LogP contribution in [0, 0.1) is 6.92 Å². The number of hydrogen-bond acceptors (Lipinski definition) is 7. The maximum Gasteiger partial charge on any atom is 0.245 e. The topological polar surface area (TPSA) is 86.8 Å². The van der Waals surface area contributed by atoms with Gasteiger partial charge in [-0.15, -0.1) is 0 Å². The van der Waals surface area contributed by atoms with Crippen LogP contribution in [0.1, 0.15) is 19.0 Å². The number of rotatable bonds is 5. The van der Waals surface area contributed by atoms with Crippen LogP contribution in [0.4, 0.5) is 5.82 Å². The van der Waals surface area contributed by atoms with E-state index in [1.165, 1.54) is 6.33 Å². The average Bonchev–Trinajstić information content (AvgIpc) is 3.47. The zero-order valence-electron chi connectivity index (χ0n) is 17.4. The molecule has 1 unspecified atom stereocenters. The molecular formula is C21H24N8O. The maximum atomic E-state index is 6.28. The Morgan fingerprint density at radius 1 is 1.20 bits per heavy atom. The van der Waals surface area contributed by atoms with Crippen molar-refractivity contribution in [1.29, 1.82) is 0 Å². The first-order valence-corrected chi connectivity index (χ1v) is 10.2. The number of aromatic nitrogens is 7. The second-order valence-corrected chi connectivity index (χ2v) is 7.47. The largest absolute Gasteiger partial charge is 0.471 e. The second kappa shape index (κ2) is 7.40. The van der Waals surface area contributed by atoms with Crippen LogP contribution in [0.15, 0.2) is 36.9 Å². The normalized spacial score (nSPS) is 16.5. The summed E-state index contributed by atoms with van der Waals surface area (Å²) in [5.74, 6) is 2.31. The van der Waals surface area contributed by atoms with Gasteiger partial charge in [-0.3, -0.25) is 4.68 Å². The molecule has 9 heteroatoms. The van der Waals surface area contributed by atoms with E-state index >= 15 is 0 Å². The Kier molecular flexibility index (Phi) is 4.57. The van der Waals surface area contributed by atoms with Gasteiger partial charge >= 0.3 is 0 Å². The molecule has 5 rings (SSSR count). The molecule has 0 amide bonds. The Morgan fingerprint density at radius 2 is 2.10 bits per heavy atom. The highest BCUT2D eigenvalue weighted by Crippen LogP contribution is 2.30. The number of pyridine rings is 1. The predicted octanol–water partition coefficient (Wildman–Crippen LogP) is 2.61. The monoisotopic (exact) mass is 404 g/mol. The zero-order valence-corrected chi connectivity index (χ0v) is 17.4.